The summed E-state index contributed by atoms with van der Waals surface area (Å²) in [6.07, 6.45) is 2.07. The highest BCUT2D eigenvalue weighted by Crippen LogP contribution is 2.16. The van der Waals surface area contributed by atoms with Crippen LogP contribution in [0.4, 0.5) is 0 Å². The molecule has 1 aromatic heterocycles. The summed E-state index contributed by atoms with van der Waals surface area (Å²) in [7, 11) is 0. The third kappa shape index (κ3) is 3.22. The minimum absolute atomic E-state index is 0.0870. The minimum Gasteiger partial charge on any atom is -0.469 e. The molecule has 6 heteroatoms. The van der Waals surface area contributed by atoms with E-state index in [-0.39, 0.29) is 11.7 Å². The molecule has 1 aromatic carbocycles. The molecule has 4 N–H and O–H groups in total. The standard InChI is InChI=1S/C15H17N3O3/c1-2-12-11(8-9-21-12)15(19)17-13(14(16)18-20)10-6-4-3-5-7-10/h3-9,13,20H,2H2,1H3,(H2,16,18)(H,17,19). The Kier molecular flexibility index (Phi) is 4.61. The van der Waals surface area contributed by atoms with Crippen LogP contribution in [0.2, 0.25) is 0 Å². The topological polar surface area (TPSA) is 101 Å². The van der Waals surface area contributed by atoms with Crippen LogP contribution in [-0.4, -0.2) is 17.0 Å². The summed E-state index contributed by atoms with van der Waals surface area (Å²) < 4.78 is 5.24. The van der Waals surface area contributed by atoms with Crippen molar-refractivity contribution in [2.75, 3.05) is 0 Å². The number of amidine groups is 1. The number of hydrogen-bond acceptors (Lipinski definition) is 4. The van der Waals surface area contributed by atoms with Crippen LogP contribution < -0.4 is 11.1 Å². The van der Waals surface area contributed by atoms with E-state index in [1.165, 1.54) is 6.26 Å². The van der Waals surface area contributed by atoms with Gasteiger partial charge in [0.2, 0.25) is 0 Å². The molecule has 0 radical (unpaired) electrons. The molecule has 0 saturated heterocycles. The fraction of sp³-hybridized carbons (Fsp3) is 0.200. The van der Waals surface area contributed by atoms with Gasteiger partial charge in [0.05, 0.1) is 11.8 Å². The van der Waals surface area contributed by atoms with E-state index in [2.05, 4.69) is 10.5 Å². The molecule has 0 aliphatic heterocycles. The number of hydrogen-bond donors (Lipinski definition) is 3. The third-order valence-corrected chi connectivity index (χ3v) is 3.13. The lowest BCUT2D eigenvalue weighted by molar-refractivity contribution is 0.0944. The molecular formula is C15H17N3O3. The van der Waals surface area contributed by atoms with Gasteiger partial charge in [0.25, 0.3) is 5.91 Å². The van der Waals surface area contributed by atoms with Gasteiger partial charge in [-0.25, -0.2) is 0 Å². The van der Waals surface area contributed by atoms with Gasteiger partial charge in [-0.3, -0.25) is 4.79 Å². The van der Waals surface area contributed by atoms with E-state index in [0.717, 1.165) is 5.56 Å². The van der Waals surface area contributed by atoms with Gasteiger partial charge in [-0.2, -0.15) is 0 Å². The van der Waals surface area contributed by atoms with Crippen molar-refractivity contribution in [2.45, 2.75) is 19.4 Å². The zero-order valence-corrected chi connectivity index (χ0v) is 11.6. The van der Waals surface area contributed by atoms with Crippen molar-refractivity contribution < 1.29 is 14.4 Å². The molecule has 1 atom stereocenters. The predicted octanol–water partition coefficient (Wildman–Crippen LogP) is 2.06. The van der Waals surface area contributed by atoms with E-state index in [1.54, 1.807) is 18.2 Å². The number of oxime groups is 1. The van der Waals surface area contributed by atoms with Crippen molar-refractivity contribution >= 4 is 11.7 Å². The van der Waals surface area contributed by atoms with Crippen molar-refractivity contribution in [3.05, 3.63) is 59.5 Å². The van der Waals surface area contributed by atoms with Crippen LogP contribution in [-0.2, 0) is 6.42 Å². The van der Waals surface area contributed by atoms with Crippen LogP contribution >= 0.6 is 0 Å². The molecule has 0 spiro atoms. The fourth-order valence-corrected chi connectivity index (χ4v) is 2.06. The summed E-state index contributed by atoms with van der Waals surface area (Å²) in [6, 6.07) is 9.95. The molecule has 0 aliphatic rings. The van der Waals surface area contributed by atoms with Gasteiger partial charge in [0.1, 0.15) is 11.8 Å². The smallest absolute Gasteiger partial charge is 0.255 e. The lowest BCUT2D eigenvalue weighted by atomic mass is 10.1. The van der Waals surface area contributed by atoms with Crippen molar-refractivity contribution in [1.82, 2.24) is 5.32 Å². The normalized spacial score (nSPS) is 12.9. The quantitative estimate of drug-likeness (QED) is 0.339. The summed E-state index contributed by atoms with van der Waals surface area (Å²) in [5.74, 6) is 0.177. The monoisotopic (exact) mass is 287 g/mol. The Bertz CT molecular complexity index is 635. The number of nitrogens with two attached hydrogens (primary N) is 1. The van der Waals surface area contributed by atoms with Gasteiger partial charge in [-0.15, -0.1) is 0 Å². The number of amides is 1. The summed E-state index contributed by atoms with van der Waals surface area (Å²) in [6.45, 7) is 1.90. The Balaban J connectivity index is 2.26. The molecule has 1 unspecified atom stereocenters. The molecule has 6 nitrogen and oxygen atoms in total. The zero-order chi connectivity index (χ0) is 15.2. The van der Waals surface area contributed by atoms with Gasteiger partial charge < -0.3 is 20.7 Å². The van der Waals surface area contributed by atoms with Crippen LogP contribution in [0.25, 0.3) is 0 Å². The van der Waals surface area contributed by atoms with E-state index in [9.17, 15) is 4.79 Å². The Morgan fingerprint density at radius 2 is 2.10 bits per heavy atom. The maximum atomic E-state index is 12.3. The van der Waals surface area contributed by atoms with E-state index < -0.39 is 6.04 Å². The number of benzene rings is 1. The molecule has 110 valence electrons. The van der Waals surface area contributed by atoms with Crippen LogP contribution in [0.1, 0.15) is 34.6 Å². The van der Waals surface area contributed by atoms with Gasteiger partial charge in [-0.05, 0) is 11.6 Å². The molecule has 21 heavy (non-hydrogen) atoms. The van der Waals surface area contributed by atoms with Gasteiger partial charge in [0, 0.05) is 6.42 Å². The number of carbonyl (C=O) groups is 1. The molecule has 1 heterocycles. The van der Waals surface area contributed by atoms with Crippen LogP contribution in [0.15, 0.2) is 52.2 Å². The molecule has 0 aliphatic carbocycles. The Morgan fingerprint density at radius 1 is 1.38 bits per heavy atom. The van der Waals surface area contributed by atoms with Crippen molar-refractivity contribution in [3.63, 3.8) is 0 Å². The molecule has 0 saturated carbocycles. The van der Waals surface area contributed by atoms with Gasteiger partial charge in [-0.1, -0.05) is 42.4 Å². The maximum Gasteiger partial charge on any atom is 0.255 e. The van der Waals surface area contributed by atoms with Gasteiger partial charge in [0.15, 0.2) is 5.84 Å². The number of furan rings is 1. The van der Waals surface area contributed by atoms with Crippen LogP contribution in [0, 0.1) is 0 Å². The predicted molar refractivity (Wildman–Crippen MR) is 78.1 cm³/mol. The summed E-state index contributed by atoms with van der Waals surface area (Å²) in [4.78, 5) is 12.3. The second-order valence-corrected chi connectivity index (χ2v) is 4.45. The highest BCUT2D eigenvalue weighted by atomic mass is 16.4. The molecular weight excluding hydrogens is 270 g/mol. The highest BCUT2D eigenvalue weighted by Gasteiger charge is 2.22. The first-order valence-corrected chi connectivity index (χ1v) is 6.57. The van der Waals surface area contributed by atoms with Gasteiger partial charge >= 0.3 is 0 Å². The number of aryl methyl sites for hydroxylation is 1. The number of carbonyl (C=O) groups excluding carboxylic acids is 1. The average Bonchev–Trinajstić information content (AvgIpc) is 3.01. The molecule has 0 fully saturated rings. The van der Waals surface area contributed by atoms with E-state index in [0.29, 0.717) is 17.7 Å². The van der Waals surface area contributed by atoms with Crippen LogP contribution in [0.3, 0.4) is 0 Å². The van der Waals surface area contributed by atoms with Crippen molar-refractivity contribution in [1.29, 1.82) is 0 Å². The number of nitrogens with zero attached hydrogens (tertiary/aromatic N) is 1. The first-order valence-electron chi connectivity index (χ1n) is 6.57. The average molecular weight is 287 g/mol. The first-order chi connectivity index (χ1) is 10.2. The van der Waals surface area contributed by atoms with E-state index in [1.807, 2.05) is 25.1 Å². The highest BCUT2D eigenvalue weighted by molar-refractivity contribution is 5.99. The summed E-state index contributed by atoms with van der Waals surface area (Å²) in [5.41, 5.74) is 6.86. The summed E-state index contributed by atoms with van der Waals surface area (Å²) in [5, 5.41) is 14.6. The fourth-order valence-electron chi connectivity index (χ4n) is 2.06. The second-order valence-electron chi connectivity index (χ2n) is 4.45. The number of rotatable bonds is 5. The first kappa shape index (κ1) is 14.6. The zero-order valence-electron chi connectivity index (χ0n) is 11.6. The summed E-state index contributed by atoms with van der Waals surface area (Å²) >= 11 is 0. The number of nitrogens with one attached hydrogen (secondary N) is 1. The van der Waals surface area contributed by atoms with E-state index >= 15 is 0 Å². The Labute approximate surface area is 122 Å². The lowest BCUT2D eigenvalue weighted by Gasteiger charge is -2.17. The SMILES string of the molecule is CCc1occc1C(=O)NC(/C(N)=N/O)c1ccccc1. The van der Waals surface area contributed by atoms with Crippen molar-refractivity contribution in [3.8, 4) is 0 Å². The maximum absolute atomic E-state index is 12.3. The van der Waals surface area contributed by atoms with Crippen molar-refractivity contribution in [2.24, 2.45) is 10.9 Å². The van der Waals surface area contributed by atoms with E-state index in [4.69, 9.17) is 15.4 Å². The van der Waals surface area contributed by atoms with Crippen LogP contribution in [0.5, 0.6) is 0 Å². The molecule has 2 aromatic rings. The molecule has 1 amide bonds. The molecule has 2 rings (SSSR count). The lowest BCUT2D eigenvalue weighted by Crippen LogP contribution is -2.37. The molecule has 0 bridgehead atoms. The Hall–Kier alpha value is -2.76. The Morgan fingerprint density at radius 3 is 2.71 bits per heavy atom. The minimum atomic E-state index is -0.705. The largest absolute Gasteiger partial charge is 0.469 e. The third-order valence-electron chi connectivity index (χ3n) is 3.13. The second kappa shape index (κ2) is 6.60.